The van der Waals surface area contributed by atoms with E-state index in [2.05, 4.69) is 17.6 Å². The Morgan fingerprint density at radius 1 is 1.32 bits per heavy atom. The molecule has 3 rings (SSSR count). The summed E-state index contributed by atoms with van der Waals surface area (Å²) in [7, 11) is 0. The van der Waals surface area contributed by atoms with Crippen molar-refractivity contribution >= 4 is 12.1 Å². The van der Waals surface area contributed by atoms with Crippen molar-refractivity contribution in [2.24, 2.45) is 17.6 Å². The second-order valence-electron chi connectivity index (χ2n) is 7.39. The molecule has 2 fully saturated rings. The lowest BCUT2D eigenvalue weighted by atomic mass is 9.69. The molecule has 1 aliphatic carbocycles. The zero-order valence-corrected chi connectivity index (χ0v) is 14.7. The number of rotatable bonds is 6. The molecule has 2 aliphatic rings. The highest BCUT2D eigenvalue weighted by Crippen LogP contribution is 2.43. The van der Waals surface area contributed by atoms with Crippen LogP contribution in [0.4, 0.5) is 5.69 Å². The molecule has 0 radical (unpaired) electrons. The highest BCUT2D eigenvalue weighted by atomic mass is 16.1. The molecule has 0 aromatic heterocycles. The SMILES string of the molecule is N#CN1CC2CCCCC2CC1C(CCN)c1ccccc1NC=O. The van der Waals surface area contributed by atoms with Crippen molar-refractivity contribution in [3.63, 3.8) is 0 Å². The van der Waals surface area contributed by atoms with Gasteiger partial charge in [0.05, 0.1) is 0 Å². The van der Waals surface area contributed by atoms with Crippen molar-refractivity contribution in [1.82, 2.24) is 4.90 Å². The van der Waals surface area contributed by atoms with Crippen molar-refractivity contribution < 1.29 is 4.79 Å². The Morgan fingerprint density at radius 3 is 2.80 bits per heavy atom. The molecule has 1 saturated heterocycles. The lowest BCUT2D eigenvalue weighted by Crippen LogP contribution is -2.48. The fourth-order valence-electron chi connectivity index (χ4n) is 4.91. The Balaban J connectivity index is 1.91. The third-order valence-corrected chi connectivity index (χ3v) is 6.09. The van der Waals surface area contributed by atoms with Gasteiger partial charge in [0.1, 0.15) is 0 Å². The quantitative estimate of drug-likeness (QED) is 0.616. The molecule has 1 amide bonds. The van der Waals surface area contributed by atoms with Gasteiger partial charge in [-0.15, -0.1) is 0 Å². The fraction of sp³-hybridized carbons (Fsp3) is 0.600. The average molecular weight is 340 g/mol. The number of anilines is 1. The van der Waals surface area contributed by atoms with Gasteiger partial charge in [-0.25, -0.2) is 0 Å². The van der Waals surface area contributed by atoms with Crippen LogP contribution in [0.1, 0.15) is 50.0 Å². The van der Waals surface area contributed by atoms with E-state index in [4.69, 9.17) is 5.73 Å². The first-order valence-electron chi connectivity index (χ1n) is 9.44. The van der Waals surface area contributed by atoms with Crippen molar-refractivity contribution in [1.29, 1.82) is 5.26 Å². The number of likely N-dealkylation sites (tertiary alicyclic amines) is 1. The molecule has 3 N–H and O–H groups in total. The van der Waals surface area contributed by atoms with E-state index >= 15 is 0 Å². The fourth-order valence-corrected chi connectivity index (χ4v) is 4.91. The van der Waals surface area contributed by atoms with E-state index in [0.29, 0.717) is 12.5 Å². The number of hydrogen-bond donors (Lipinski definition) is 2. The summed E-state index contributed by atoms with van der Waals surface area (Å²) < 4.78 is 0. The summed E-state index contributed by atoms with van der Waals surface area (Å²) >= 11 is 0. The van der Waals surface area contributed by atoms with Crippen LogP contribution in [0.25, 0.3) is 0 Å². The molecule has 1 aliphatic heterocycles. The van der Waals surface area contributed by atoms with Crippen LogP contribution in [0, 0.1) is 23.3 Å². The Hall–Kier alpha value is -2.06. The third kappa shape index (κ3) is 3.80. The van der Waals surface area contributed by atoms with Gasteiger partial charge in [0.2, 0.25) is 6.41 Å². The van der Waals surface area contributed by atoms with E-state index in [1.807, 2.05) is 23.1 Å². The molecular formula is C20H28N4O. The van der Waals surface area contributed by atoms with Crippen molar-refractivity contribution in [2.45, 2.75) is 50.5 Å². The number of nitriles is 1. The number of para-hydroxylation sites is 1. The van der Waals surface area contributed by atoms with E-state index in [0.717, 1.165) is 43.0 Å². The number of carbonyl (C=O) groups is 1. The normalized spacial score (nSPS) is 27.0. The number of carbonyl (C=O) groups excluding carboxylic acids is 1. The highest BCUT2D eigenvalue weighted by Gasteiger charge is 2.40. The lowest BCUT2D eigenvalue weighted by Gasteiger charge is -2.47. The largest absolute Gasteiger partial charge is 0.330 e. The molecule has 1 heterocycles. The first-order chi connectivity index (χ1) is 12.3. The summed E-state index contributed by atoms with van der Waals surface area (Å²) in [4.78, 5) is 13.0. The Bertz CT molecular complexity index is 626. The molecule has 5 nitrogen and oxygen atoms in total. The number of benzene rings is 1. The second-order valence-corrected chi connectivity index (χ2v) is 7.39. The molecular weight excluding hydrogens is 312 g/mol. The Morgan fingerprint density at radius 2 is 2.08 bits per heavy atom. The summed E-state index contributed by atoms with van der Waals surface area (Å²) in [5, 5.41) is 12.6. The van der Waals surface area contributed by atoms with Crippen LogP contribution in [0.2, 0.25) is 0 Å². The van der Waals surface area contributed by atoms with Gasteiger partial charge in [-0.05, 0) is 49.3 Å². The highest BCUT2D eigenvalue weighted by molar-refractivity contribution is 5.73. The van der Waals surface area contributed by atoms with Crippen molar-refractivity contribution in [3.8, 4) is 6.19 Å². The molecule has 0 bridgehead atoms. The van der Waals surface area contributed by atoms with E-state index in [1.54, 1.807) is 0 Å². The standard InChI is InChI=1S/C20H28N4O/c21-10-9-18(17-7-3-4-8-19(17)23-14-25)20-11-15-5-1-2-6-16(15)12-24(20)13-22/h3-4,7-8,14-16,18,20H,1-2,5-6,9-12,21H2,(H,23,25). The maximum atomic E-state index is 11.0. The molecule has 1 aromatic carbocycles. The summed E-state index contributed by atoms with van der Waals surface area (Å²) in [6, 6.07) is 8.08. The monoisotopic (exact) mass is 340 g/mol. The van der Waals surface area contributed by atoms with Crippen LogP contribution in [0.15, 0.2) is 24.3 Å². The van der Waals surface area contributed by atoms with Gasteiger partial charge in [-0.1, -0.05) is 37.5 Å². The van der Waals surface area contributed by atoms with Gasteiger partial charge in [-0.2, -0.15) is 5.26 Å². The summed E-state index contributed by atoms with van der Waals surface area (Å²) in [5.41, 5.74) is 7.85. The smallest absolute Gasteiger partial charge is 0.211 e. The number of nitrogens with zero attached hydrogens (tertiary/aromatic N) is 2. The first kappa shape index (κ1) is 17.8. The second kappa shape index (κ2) is 8.35. The molecule has 5 heteroatoms. The molecule has 134 valence electrons. The maximum absolute atomic E-state index is 11.0. The average Bonchev–Trinajstić information content (AvgIpc) is 2.66. The molecule has 4 unspecified atom stereocenters. The van der Waals surface area contributed by atoms with Crippen molar-refractivity contribution in [2.75, 3.05) is 18.4 Å². The molecule has 1 saturated carbocycles. The number of amides is 1. The summed E-state index contributed by atoms with van der Waals surface area (Å²) in [6.45, 7) is 1.44. The number of nitrogens with two attached hydrogens (primary N) is 1. The summed E-state index contributed by atoms with van der Waals surface area (Å²) in [6.07, 6.45) is 10.2. The zero-order chi connectivity index (χ0) is 17.6. The third-order valence-electron chi connectivity index (χ3n) is 6.09. The summed E-state index contributed by atoms with van der Waals surface area (Å²) in [5.74, 6) is 1.54. The number of fused-ring (bicyclic) bond motifs is 1. The Kier molecular flexibility index (Phi) is 5.93. The van der Waals surface area contributed by atoms with Crippen LogP contribution in [-0.2, 0) is 4.79 Å². The van der Waals surface area contributed by atoms with E-state index in [-0.39, 0.29) is 12.0 Å². The van der Waals surface area contributed by atoms with Crippen molar-refractivity contribution in [3.05, 3.63) is 29.8 Å². The minimum Gasteiger partial charge on any atom is -0.330 e. The van der Waals surface area contributed by atoms with Crippen LogP contribution >= 0.6 is 0 Å². The molecule has 4 atom stereocenters. The first-order valence-corrected chi connectivity index (χ1v) is 9.44. The predicted molar refractivity (Wildman–Crippen MR) is 98.7 cm³/mol. The van der Waals surface area contributed by atoms with Crippen LogP contribution in [0.5, 0.6) is 0 Å². The lowest BCUT2D eigenvalue weighted by molar-refractivity contribution is -0.105. The predicted octanol–water partition coefficient (Wildman–Crippen LogP) is 3.05. The number of nitrogens with one attached hydrogen (secondary N) is 1. The minimum atomic E-state index is 0.163. The van der Waals surface area contributed by atoms with Gasteiger partial charge in [0.25, 0.3) is 0 Å². The van der Waals surface area contributed by atoms with E-state index < -0.39 is 0 Å². The van der Waals surface area contributed by atoms with E-state index in [1.165, 1.54) is 25.7 Å². The number of hydrogen-bond acceptors (Lipinski definition) is 4. The Labute approximate surface area is 150 Å². The van der Waals surface area contributed by atoms with Gasteiger partial charge in [0, 0.05) is 24.2 Å². The molecule has 25 heavy (non-hydrogen) atoms. The van der Waals surface area contributed by atoms with Gasteiger partial charge < -0.3 is 16.0 Å². The van der Waals surface area contributed by atoms with Gasteiger partial charge in [-0.3, -0.25) is 4.79 Å². The zero-order valence-electron chi connectivity index (χ0n) is 14.7. The van der Waals surface area contributed by atoms with Crippen LogP contribution in [-0.4, -0.2) is 30.4 Å². The van der Waals surface area contributed by atoms with Gasteiger partial charge in [0.15, 0.2) is 6.19 Å². The number of piperidine rings is 1. The molecule has 0 spiro atoms. The molecule has 1 aromatic rings. The van der Waals surface area contributed by atoms with E-state index in [9.17, 15) is 10.1 Å². The van der Waals surface area contributed by atoms with Crippen LogP contribution < -0.4 is 11.1 Å². The van der Waals surface area contributed by atoms with Crippen LogP contribution in [0.3, 0.4) is 0 Å². The maximum Gasteiger partial charge on any atom is 0.211 e. The topological polar surface area (TPSA) is 82.2 Å². The minimum absolute atomic E-state index is 0.163. The van der Waals surface area contributed by atoms with Gasteiger partial charge >= 0.3 is 0 Å².